The third-order valence-electron chi connectivity index (χ3n) is 11.1. The molecule has 0 radical (unpaired) electrons. The number of benzene rings is 1. The Balaban J connectivity index is 3.03. The van der Waals surface area contributed by atoms with Crippen LogP contribution in [0, 0.1) is 17.8 Å². The minimum absolute atomic E-state index is 0.0203. The van der Waals surface area contributed by atoms with Crippen LogP contribution in [0.15, 0.2) is 24.3 Å². The Hall–Kier alpha value is -7.42. The summed E-state index contributed by atoms with van der Waals surface area (Å²) in [6, 6.07) is -6.67. The molecule has 1 aromatic rings. The molecule has 414 valence electrons. The molecule has 0 saturated carbocycles. The van der Waals surface area contributed by atoms with Crippen LogP contribution in [0.3, 0.4) is 0 Å². The Morgan fingerprint density at radius 3 is 1.51 bits per heavy atom. The van der Waals surface area contributed by atoms with Crippen LogP contribution in [-0.4, -0.2) is 154 Å². The Morgan fingerprint density at radius 2 is 1.01 bits per heavy atom. The van der Waals surface area contributed by atoms with Crippen LogP contribution >= 0.6 is 0 Å². The van der Waals surface area contributed by atoms with Crippen molar-refractivity contribution in [2.75, 3.05) is 13.1 Å². The lowest BCUT2D eigenvalue weighted by atomic mass is 9.99. The third kappa shape index (κ3) is 23.9. The van der Waals surface area contributed by atoms with Crippen LogP contribution in [0.5, 0.6) is 5.75 Å². The molecule has 0 aliphatic heterocycles. The molecule has 0 unspecified atom stereocenters. The summed E-state index contributed by atoms with van der Waals surface area (Å²) in [5, 5.41) is 50.1. The lowest BCUT2D eigenvalue weighted by Gasteiger charge is -2.29. The molecule has 27 nitrogen and oxygen atoms in total. The molecule has 0 spiro atoms. The van der Waals surface area contributed by atoms with E-state index in [9.17, 15) is 72.9 Å². The van der Waals surface area contributed by atoms with E-state index in [0.717, 1.165) is 0 Å². The summed E-state index contributed by atoms with van der Waals surface area (Å²) in [6.07, 6.45) is -0.403. The summed E-state index contributed by atoms with van der Waals surface area (Å²) >= 11 is 0. The van der Waals surface area contributed by atoms with E-state index in [1.54, 1.807) is 39.8 Å². The van der Waals surface area contributed by atoms with Crippen LogP contribution in [0.25, 0.3) is 0 Å². The van der Waals surface area contributed by atoms with Crippen molar-refractivity contribution in [2.45, 2.75) is 155 Å². The van der Waals surface area contributed by atoms with Gasteiger partial charge in [-0.25, -0.2) is 4.79 Å². The number of aliphatic carboxylic acids is 2. The van der Waals surface area contributed by atoms with Gasteiger partial charge < -0.3 is 80.4 Å². The minimum Gasteiger partial charge on any atom is -0.508 e. The molecule has 1 rings (SSSR count). The van der Waals surface area contributed by atoms with Gasteiger partial charge in [0.2, 0.25) is 59.1 Å². The van der Waals surface area contributed by atoms with Crippen LogP contribution in [0.1, 0.15) is 99.5 Å². The number of amides is 10. The Labute approximate surface area is 429 Å². The van der Waals surface area contributed by atoms with Gasteiger partial charge in [-0.1, -0.05) is 60.1 Å². The molecule has 0 aliphatic carbocycles. The fourth-order valence-corrected chi connectivity index (χ4v) is 6.94. The first kappa shape index (κ1) is 64.6. The molecule has 0 aromatic heterocycles. The number of carboxylic acid groups (broad SMARTS) is 2. The zero-order valence-electron chi connectivity index (χ0n) is 43.1. The van der Waals surface area contributed by atoms with Gasteiger partial charge in [-0.05, 0) is 75.1 Å². The van der Waals surface area contributed by atoms with Gasteiger partial charge in [0.05, 0.1) is 25.4 Å². The average Bonchev–Trinajstić information content (AvgIpc) is 3.30. The molecule has 0 aliphatic rings. The molecule has 0 saturated heterocycles. The highest BCUT2D eigenvalue weighted by molar-refractivity contribution is 5.99. The number of carbonyl (C=O) groups is 12. The van der Waals surface area contributed by atoms with Crippen molar-refractivity contribution in [1.29, 1.82) is 0 Å². The number of unbranched alkanes of at least 4 members (excludes halogenated alkanes) is 1. The first-order chi connectivity index (χ1) is 34.5. The lowest BCUT2D eigenvalue weighted by molar-refractivity contribution is -0.144. The van der Waals surface area contributed by atoms with E-state index in [1.165, 1.54) is 39.8 Å². The van der Waals surface area contributed by atoms with Crippen LogP contribution in [0.2, 0.25) is 0 Å². The number of carbonyl (C=O) groups excluding carboxylic acids is 10. The smallest absolute Gasteiger partial charge is 0.326 e. The van der Waals surface area contributed by atoms with Crippen molar-refractivity contribution < 1.29 is 72.9 Å². The Bertz CT molecular complexity index is 2140. The van der Waals surface area contributed by atoms with Crippen molar-refractivity contribution in [2.24, 2.45) is 35.0 Å². The van der Waals surface area contributed by atoms with Crippen LogP contribution in [0.4, 0.5) is 0 Å². The van der Waals surface area contributed by atoms with E-state index in [-0.39, 0.29) is 24.5 Å². The first-order valence-electron chi connectivity index (χ1n) is 24.1. The highest BCUT2D eigenvalue weighted by atomic mass is 16.4. The molecule has 0 fully saturated rings. The quantitative estimate of drug-likeness (QED) is 0.0300. The lowest BCUT2D eigenvalue weighted by Crippen LogP contribution is -2.61. The number of hydrogen-bond acceptors (Lipinski definition) is 15. The Morgan fingerprint density at radius 1 is 0.541 bits per heavy atom. The number of aromatic hydroxyl groups is 1. The van der Waals surface area contributed by atoms with Gasteiger partial charge in [0.15, 0.2) is 0 Å². The van der Waals surface area contributed by atoms with Gasteiger partial charge in [0.25, 0.3) is 0 Å². The molecule has 0 heterocycles. The number of phenols is 1. The molecular weight excluding hydrogens is 973 g/mol. The zero-order chi connectivity index (χ0) is 56.6. The van der Waals surface area contributed by atoms with Gasteiger partial charge >= 0.3 is 11.9 Å². The number of primary amides is 1. The second kappa shape index (κ2) is 31.9. The van der Waals surface area contributed by atoms with E-state index in [1.807, 2.05) is 0 Å². The van der Waals surface area contributed by atoms with Gasteiger partial charge in [-0.15, -0.1) is 0 Å². The summed E-state index contributed by atoms with van der Waals surface area (Å²) < 4.78 is 0. The number of nitrogens with one attached hydrogen (secondary N) is 9. The van der Waals surface area contributed by atoms with Crippen molar-refractivity contribution in [3.05, 3.63) is 29.8 Å². The molecule has 74 heavy (non-hydrogen) atoms. The Kier molecular flexibility index (Phi) is 27.9. The fourth-order valence-electron chi connectivity index (χ4n) is 6.94. The van der Waals surface area contributed by atoms with Gasteiger partial charge in [-0.2, -0.15) is 0 Å². The van der Waals surface area contributed by atoms with Crippen LogP contribution < -0.4 is 65.1 Å². The van der Waals surface area contributed by atoms with Crippen molar-refractivity contribution in [1.82, 2.24) is 47.9 Å². The molecule has 10 amide bonds. The van der Waals surface area contributed by atoms with E-state index < -0.39 is 157 Å². The first-order valence-corrected chi connectivity index (χ1v) is 24.1. The molecule has 27 heteroatoms. The second-order valence-electron chi connectivity index (χ2n) is 18.9. The second-order valence-corrected chi connectivity index (χ2v) is 18.9. The zero-order valence-corrected chi connectivity index (χ0v) is 43.1. The number of rotatable bonds is 33. The van der Waals surface area contributed by atoms with Crippen molar-refractivity contribution in [3.63, 3.8) is 0 Å². The van der Waals surface area contributed by atoms with E-state index in [2.05, 4.69) is 47.9 Å². The highest BCUT2D eigenvalue weighted by Gasteiger charge is 2.36. The molecular formula is C47H76N12O15. The molecule has 0 bridgehead atoms. The minimum atomic E-state index is -1.86. The standard InChI is InChI=1S/C47H76N12O15/c1-22(2)17-33(47(73)74)57-44(70)32(20-36(63)64)55-43(69)31(19-34(50)61)56-45(71)37(23(3)4)59-46(72)38(24(5)6)58-40(66)26(8)52-35(62)21-51-39(65)25(7)53-42(68)30(18-27-12-14-28(60)15-13-27)54-41(67)29(49)11-9-10-16-48/h12-15,22-26,29-33,37-38,60H,9-11,16-21,48-49H2,1-8H3,(H2,50,61)(H,51,65)(H,52,62)(H,53,68)(H,54,67)(H,55,69)(H,56,71)(H,57,70)(H,58,66)(H,59,72)(H,63,64)(H,73,74)/t25-,26-,29-,30-,31-,32-,33-,37-,38-/m0/s1. The maximum absolute atomic E-state index is 13.7. The topological polar surface area (TPSA) is 452 Å². The maximum atomic E-state index is 13.7. The van der Waals surface area contributed by atoms with Crippen molar-refractivity contribution in [3.8, 4) is 5.75 Å². The molecule has 9 atom stereocenters. The normalized spacial score (nSPS) is 14.8. The number of nitrogens with two attached hydrogens (primary N) is 3. The summed E-state index contributed by atoms with van der Waals surface area (Å²) in [5.41, 5.74) is 17.5. The van der Waals surface area contributed by atoms with E-state index in [0.29, 0.717) is 31.4 Å². The largest absolute Gasteiger partial charge is 0.508 e. The predicted octanol–water partition coefficient (Wildman–Crippen LogP) is -3.78. The third-order valence-corrected chi connectivity index (χ3v) is 11.1. The van der Waals surface area contributed by atoms with Crippen molar-refractivity contribution >= 4 is 71.0 Å². The summed E-state index contributed by atoms with van der Waals surface area (Å²) in [6.45, 7) is 11.9. The summed E-state index contributed by atoms with van der Waals surface area (Å²) in [4.78, 5) is 155. The van der Waals surface area contributed by atoms with E-state index >= 15 is 0 Å². The van der Waals surface area contributed by atoms with Crippen LogP contribution in [-0.2, 0) is 64.0 Å². The highest BCUT2D eigenvalue weighted by Crippen LogP contribution is 2.13. The summed E-state index contributed by atoms with van der Waals surface area (Å²) in [5.74, 6) is -13.8. The number of hydrogen-bond donors (Lipinski definition) is 15. The predicted molar refractivity (Wildman–Crippen MR) is 265 cm³/mol. The fraction of sp³-hybridized carbons (Fsp3) is 0.617. The van der Waals surface area contributed by atoms with Gasteiger partial charge in [0, 0.05) is 6.42 Å². The van der Waals surface area contributed by atoms with Gasteiger partial charge in [-0.3, -0.25) is 52.7 Å². The monoisotopic (exact) mass is 1050 g/mol. The average molecular weight is 1050 g/mol. The van der Waals surface area contributed by atoms with Gasteiger partial charge in [0.1, 0.15) is 54.1 Å². The maximum Gasteiger partial charge on any atom is 0.326 e. The SMILES string of the molecule is CC(C)C[C@H](NC(=O)[C@H](CC(=O)O)NC(=O)[C@H](CC(N)=O)NC(=O)[C@@H](NC(=O)[C@@H](NC(=O)[C@H](C)NC(=O)CNC(=O)[C@H](C)NC(=O)[C@H](Cc1ccc(O)cc1)NC(=O)[C@@H](N)CCCCN)C(C)C)C(C)C)C(=O)O. The number of phenolic OH excluding ortho intramolecular Hbond substituents is 1. The van der Waals surface area contributed by atoms with E-state index in [4.69, 9.17) is 17.2 Å². The molecule has 1 aromatic carbocycles. The molecule has 18 N–H and O–H groups in total. The summed E-state index contributed by atoms with van der Waals surface area (Å²) in [7, 11) is 0. The number of carboxylic acids is 2.